The maximum Gasteiger partial charge on any atom is 0.247 e. The molecule has 0 fully saturated rings. The van der Waals surface area contributed by atoms with Gasteiger partial charge in [0.25, 0.3) is 0 Å². The van der Waals surface area contributed by atoms with Crippen LogP contribution in [0.4, 0.5) is 0 Å². The van der Waals surface area contributed by atoms with E-state index in [1.165, 1.54) is 6.39 Å². The van der Waals surface area contributed by atoms with E-state index in [0.29, 0.717) is 10.9 Å². The molecule has 0 amide bonds. The molecule has 1 aromatic heterocycles. The summed E-state index contributed by atoms with van der Waals surface area (Å²) >= 11 is 9.37. The lowest BCUT2D eigenvalue weighted by atomic mass is 10.1. The monoisotopic (exact) mass is 272 g/mol. The summed E-state index contributed by atoms with van der Waals surface area (Å²) < 4.78 is 6.00. The Morgan fingerprint density at radius 2 is 2.21 bits per heavy atom. The zero-order valence-electron chi connectivity index (χ0n) is 7.29. The molecule has 1 aromatic carbocycles. The van der Waals surface area contributed by atoms with Gasteiger partial charge in [-0.1, -0.05) is 27.5 Å². The van der Waals surface area contributed by atoms with Crippen LogP contribution < -0.4 is 0 Å². The minimum atomic E-state index is 0.478. The van der Waals surface area contributed by atoms with Gasteiger partial charge in [-0.2, -0.15) is 0 Å². The van der Waals surface area contributed by atoms with E-state index in [0.717, 1.165) is 15.6 Å². The molecule has 0 N–H and O–H groups in total. The van der Waals surface area contributed by atoms with Gasteiger partial charge in [-0.05, 0) is 24.6 Å². The lowest BCUT2D eigenvalue weighted by molar-refractivity contribution is 0.568. The third-order valence-corrected chi connectivity index (χ3v) is 2.75. The van der Waals surface area contributed by atoms with Crippen molar-refractivity contribution in [2.45, 2.75) is 6.92 Å². The van der Waals surface area contributed by atoms with Crippen LogP contribution >= 0.6 is 27.5 Å². The Bertz CT molecular complexity index is 456. The molecule has 1 heterocycles. The first-order chi connectivity index (χ1) is 6.68. The Morgan fingerprint density at radius 3 is 2.86 bits per heavy atom. The van der Waals surface area contributed by atoms with Crippen LogP contribution in [0.1, 0.15) is 5.56 Å². The highest BCUT2D eigenvalue weighted by atomic mass is 79.9. The fraction of sp³-hybridized carbons (Fsp3) is 0.111. The van der Waals surface area contributed by atoms with Gasteiger partial charge in [0.05, 0.1) is 0 Å². The summed E-state index contributed by atoms with van der Waals surface area (Å²) in [5.74, 6) is 0.478. The number of benzene rings is 1. The summed E-state index contributed by atoms with van der Waals surface area (Å²) in [7, 11) is 0. The van der Waals surface area contributed by atoms with Crippen molar-refractivity contribution in [3.63, 3.8) is 0 Å². The quantitative estimate of drug-likeness (QED) is 0.798. The molecule has 72 valence electrons. The fourth-order valence-corrected chi connectivity index (χ4v) is 1.97. The largest absolute Gasteiger partial charge is 0.423 e. The second kappa shape index (κ2) is 3.71. The highest BCUT2D eigenvalue weighted by Crippen LogP contribution is 2.30. The van der Waals surface area contributed by atoms with Crippen LogP contribution in [0.25, 0.3) is 11.5 Å². The molecule has 0 aliphatic carbocycles. The second-order valence-electron chi connectivity index (χ2n) is 2.80. The lowest BCUT2D eigenvalue weighted by Crippen LogP contribution is -1.85. The number of hydrogen-bond donors (Lipinski definition) is 0. The molecule has 0 spiro atoms. The van der Waals surface area contributed by atoms with Gasteiger partial charge >= 0.3 is 0 Å². The van der Waals surface area contributed by atoms with Crippen LogP contribution in [0.5, 0.6) is 0 Å². The summed E-state index contributed by atoms with van der Waals surface area (Å²) in [6, 6.07) is 3.73. The molecule has 0 atom stereocenters. The van der Waals surface area contributed by atoms with Gasteiger partial charge in [0.2, 0.25) is 12.3 Å². The van der Waals surface area contributed by atoms with Crippen LogP contribution in [0.15, 0.2) is 27.4 Å². The Morgan fingerprint density at radius 1 is 1.43 bits per heavy atom. The molecule has 0 aliphatic heterocycles. The highest BCUT2D eigenvalue weighted by molar-refractivity contribution is 9.10. The van der Waals surface area contributed by atoms with Gasteiger partial charge < -0.3 is 4.42 Å². The van der Waals surface area contributed by atoms with Crippen LogP contribution in [-0.2, 0) is 0 Å². The highest BCUT2D eigenvalue weighted by Gasteiger charge is 2.10. The summed E-state index contributed by atoms with van der Waals surface area (Å²) in [5.41, 5.74) is 1.78. The van der Waals surface area contributed by atoms with Crippen LogP contribution in [0, 0.1) is 6.92 Å². The Kier molecular flexibility index (Phi) is 2.56. The van der Waals surface area contributed by atoms with E-state index in [2.05, 4.69) is 26.1 Å². The predicted octanol–water partition coefficient (Wildman–Crippen LogP) is 3.46. The van der Waals surface area contributed by atoms with Crippen LogP contribution in [0.3, 0.4) is 0 Å². The minimum absolute atomic E-state index is 0.478. The number of halogens is 2. The van der Waals surface area contributed by atoms with Crippen molar-refractivity contribution in [1.29, 1.82) is 0 Å². The van der Waals surface area contributed by atoms with E-state index < -0.39 is 0 Å². The standard InChI is InChI=1S/C9H6BrClN2O/c1-5-7(9-13-12-4-14-9)2-6(10)3-8(5)11/h2-4H,1H3. The normalized spacial score (nSPS) is 10.5. The van der Waals surface area contributed by atoms with E-state index in [1.54, 1.807) is 0 Å². The number of hydrogen-bond acceptors (Lipinski definition) is 3. The van der Waals surface area contributed by atoms with Crippen molar-refractivity contribution < 1.29 is 4.42 Å². The van der Waals surface area contributed by atoms with E-state index in [4.69, 9.17) is 16.0 Å². The Balaban J connectivity index is 2.64. The first kappa shape index (κ1) is 9.68. The topological polar surface area (TPSA) is 38.9 Å². The Hall–Kier alpha value is -0.870. The predicted molar refractivity (Wildman–Crippen MR) is 57.2 cm³/mol. The molecule has 0 bridgehead atoms. The summed E-state index contributed by atoms with van der Waals surface area (Å²) in [5, 5.41) is 8.13. The molecule has 0 radical (unpaired) electrons. The third kappa shape index (κ3) is 1.67. The van der Waals surface area contributed by atoms with Gasteiger partial charge in [-0.15, -0.1) is 10.2 Å². The van der Waals surface area contributed by atoms with Crippen LogP contribution in [-0.4, -0.2) is 10.2 Å². The summed E-state index contributed by atoms with van der Waals surface area (Å²) in [6.45, 7) is 1.91. The zero-order chi connectivity index (χ0) is 10.1. The molecule has 0 aliphatic rings. The van der Waals surface area contributed by atoms with Crippen molar-refractivity contribution in [3.05, 3.63) is 33.6 Å². The first-order valence-electron chi connectivity index (χ1n) is 3.90. The zero-order valence-corrected chi connectivity index (χ0v) is 9.63. The van der Waals surface area contributed by atoms with Crippen molar-refractivity contribution in [3.8, 4) is 11.5 Å². The maximum atomic E-state index is 6.02. The summed E-state index contributed by atoms with van der Waals surface area (Å²) in [6.07, 6.45) is 1.30. The molecule has 0 saturated carbocycles. The summed E-state index contributed by atoms with van der Waals surface area (Å²) in [4.78, 5) is 0. The van der Waals surface area contributed by atoms with Crippen molar-refractivity contribution in [2.75, 3.05) is 0 Å². The van der Waals surface area contributed by atoms with Gasteiger partial charge in [0.1, 0.15) is 0 Å². The SMILES string of the molecule is Cc1c(Cl)cc(Br)cc1-c1nnco1. The molecule has 2 aromatic rings. The van der Waals surface area contributed by atoms with Gasteiger partial charge in [-0.25, -0.2) is 0 Å². The minimum Gasteiger partial charge on any atom is -0.423 e. The Labute approximate surface area is 94.2 Å². The molecule has 2 rings (SSSR count). The smallest absolute Gasteiger partial charge is 0.247 e. The molecule has 14 heavy (non-hydrogen) atoms. The van der Waals surface area contributed by atoms with E-state index in [1.807, 2.05) is 19.1 Å². The van der Waals surface area contributed by atoms with E-state index in [-0.39, 0.29) is 0 Å². The first-order valence-corrected chi connectivity index (χ1v) is 5.08. The average molecular weight is 274 g/mol. The van der Waals surface area contributed by atoms with Crippen LogP contribution in [0.2, 0.25) is 5.02 Å². The van der Waals surface area contributed by atoms with Gasteiger partial charge in [0, 0.05) is 15.1 Å². The third-order valence-electron chi connectivity index (χ3n) is 1.90. The molecular formula is C9H6BrClN2O. The molecule has 0 saturated heterocycles. The second-order valence-corrected chi connectivity index (χ2v) is 4.13. The van der Waals surface area contributed by atoms with Gasteiger partial charge in [-0.3, -0.25) is 0 Å². The molecule has 5 heteroatoms. The fourth-order valence-electron chi connectivity index (χ4n) is 1.16. The van der Waals surface area contributed by atoms with Crippen molar-refractivity contribution in [1.82, 2.24) is 10.2 Å². The van der Waals surface area contributed by atoms with E-state index in [9.17, 15) is 0 Å². The maximum absolute atomic E-state index is 6.02. The number of aromatic nitrogens is 2. The average Bonchev–Trinajstić information content (AvgIpc) is 2.63. The molecule has 0 unspecified atom stereocenters. The van der Waals surface area contributed by atoms with Crippen molar-refractivity contribution in [2.24, 2.45) is 0 Å². The lowest BCUT2D eigenvalue weighted by Gasteiger charge is -2.03. The van der Waals surface area contributed by atoms with E-state index >= 15 is 0 Å². The van der Waals surface area contributed by atoms with Gasteiger partial charge in [0.15, 0.2) is 0 Å². The molecular weight excluding hydrogens is 267 g/mol. The number of nitrogens with zero attached hydrogens (tertiary/aromatic N) is 2. The molecule has 3 nitrogen and oxygen atoms in total. The number of rotatable bonds is 1. The van der Waals surface area contributed by atoms with Crippen molar-refractivity contribution >= 4 is 27.5 Å².